The van der Waals surface area contributed by atoms with Gasteiger partial charge in [0.15, 0.2) is 17.6 Å². The minimum absolute atomic E-state index is 0.273. The average molecular weight is 238 g/mol. The molecule has 1 aromatic carbocycles. The lowest BCUT2D eigenvalue weighted by Crippen LogP contribution is -1.80. The van der Waals surface area contributed by atoms with Crippen LogP contribution in [0.4, 0.5) is 4.39 Å². The second-order valence-electron chi connectivity index (χ2n) is 3.65. The fraction of sp³-hybridized carbons (Fsp3) is 0. The van der Waals surface area contributed by atoms with Gasteiger partial charge in [-0.1, -0.05) is 11.8 Å². The van der Waals surface area contributed by atoms with Crippen LogP contribution >= 0.6 is 0 Å². The zero-order valence-corrected chi connectivity index (χ0v) is 9.22. The fourth-order valence-corrected chi connectivity index (χ4v) is 1.50. The van der Waals surface area contributed by atoms with Crippen molar-refractivity contribution in [2.75, 3.05) is 0 Å². The van der Waals surface area contributed by atoms with Crippen molar-refractivity contribution >= 4 is 11.2 Å². The number of oxazole rings is 1. The number of benzene rings is 1. The molecule has 0 fully saturated rings. The number of pyridine rings is 1. The highest BCUT2D eigenvalue weighted by Gasteiger charge is 1.99. The van der Waals surface area contributed by atoms with Crippen molar-refractivity contribution in [1.29, 1.82) is 0 Å². The molecule has 0 bridgehead atoms. The Morgan fingerprint density at radius 1 is 1.00 bits per heavy atom. The molecule has 0 unspecified atom stereocenters. The molecule has 0 saturated heterocycles. The van der Waals surface area contributed by atoms with E-state index in [0.29, 0.717) is 11.2 Å². The number of nitrogens with zero attached hydrogens (tertiary/aromatic N) is 2. The highest BCUT2D eigenvalue weighted by atomic mass is 19.1. The second-order valence-corrected chi connectivity index (χ2v) is 3.65. The van der Waals surface area contributed by atoms with E-state index in [1.807, 2.05) is 0 Å². The summed E-state index contributed by atoms with van der Waals surface area (Å²) < 4.78 is 17.8. The number of hydrogen-bond donors (Lipinski definition) is 0. The molecular formula is C14H7FN2O. The van der Waals surface area contributed by atoms with E-state index in [4.69, 9.17) is 4.42 Å². The van der Waals surface area contributed by atoms with Crippen molar-refractivity contribution in [3.63, 3.8) is 0 Å². The average Bonchev–Trinajstić information content (AvgIpc) is 2.85. The minimum atomic E-state index is -0.273. The van der Waals surface area contributed by atoms with Crippen LogP contribution in [0.15, 0.2) is 47.3 Å². The van der Waals surface area contributed by atoms with Crippen molar-refractivity contribution in [3.05, 3.63) is 59.9 Å². The summed E-state index contributed by atoms with van der Waals surface area (Å²) in [6.07, 6.45) is 2.97. The predicted octanol–water partition coefficient (Wildman–Crippen LogP) is 2.76. The monoisotopic (exact) mass is 238 g/mol. The summed E-state index contributed by atoms with van der Waals surface area (Å²) in [4.78, 5) is 8.02. The molecule has 18 heavy (non-hydrogen) atoms. The summed E-state index contributed by atoms with van der Waals surface area (Å²) in [5.74, 6) is 5.59. The molecule has 4 heteroatoms. The fourth-order valence-electron chi connectivity index (χ4n) is 1.50. The topological polar surface area (TPSA) is 38.9 Å². The Bertz CT molecular complexity index is 751. The van der Waals surface area contributed by atoms with Crippen LogP contribution < -0.4 is 0 Å². The normalized spacial score (nSPS) is 10.1. The van der Waals surface area contributed by atoms with E-state index in [1.165, 1.54) is 18.5 Å². The van der Waals surface area contributed by atoms with Gasteiger partial charge in [0.05, 0.1) is 0 Å². The maximum Gasteiger partial charge on any atom is 0.198 e. The van der Waals surface area contributed by atoms with Crippen LogP contribution in [0.3, 0.4) is 0 Å². The van der Waals surface area contributed by atoms with Crippen LogP contribution in [-0.4, -0.2) is 9.97 Å². The minimum Gasteiger partial charge on any atom is -0.442 e. The zero-order chi connectivity index (χ0) is 12.4. The van der Waals surface area contributed by atoms with Gasteiger partial charge >= 0.3 is 0 Å². The second kappa shape index (κ2) is 4.30. The third kappa shape index (κ3) is 2.06. The summed E-state index contributed by atoms with van der Waals surface area (Å²) >= 11 is 0. The molecule has 3 aromatic rings. The molecule has 0 aliphatic carbocycles. The van der Waals surface area contributed by atoms with E-state index in [9.17, 15) is 4.39 Å². The molecule has 0 saturated carbocycles. The molecular weight excluding hydrogens is 231 g/mol. The molecule has 3 rings (SSSR count). The first-order valence-corrected chi connectivity index (χ1v) is 5.28. The zero-order valence-electron chi connectivity index (χ0n) is 9.22. The van der Waals surface area contributed by atoms with Crippen LogP contribution in [0.1, 0.15) is 11.1 Å². The number of fused-ring (bicyclic) bond motifs is 1. The van der Waals surface area contributed by atoms with Gasteiger partial charge in [-0.2, -0.15) is 4.98 Å². The van der Waals surface area contributed by atoms with Gasteiger partial charge in [-0.15, -0.1) is 0 Å². The number of hydrogen-bond acceptors (Lipinski definition) is 3. The molecule has 2 aromatic heterocycles. The molecule has 0 N–H and O–H groups in total. The third-order valence-electron chi connectivity index (χ3n) is 2.38. The van der Waals surface area contributed by atoms with Crippen LogP contribution in [0, 0.1) is 17.7 Å². The SMILES string of the molecule is Fc1ccc(C#Cc2cnc3ncoc3c2)cc1. The largest absolute Gasteiger partial charge is 0.442 e. The van der Waals surface area contributed by atoms with E-state index < -0.39 is 0 Å². The van der Waals surface area contributed by atoms with Gasteiger partial charge in [-0.05, 0) is 24.3 Å². The Morgan fingerprint density at radius 3 is 2.61 bits per heavy atom. The number of aromatic nitrogens is 2. The van der Waals surface area contributed by atoms with E-state index in [0.717, 1.165) is 11.1 Å². The van der Waals surface area contributed by atoms with Crippen molar-refractivity contribution < 1.29 is 8.81 Å². The van der Waals surface area contributed by atoms with Crippen LogP contribution in [0.5, 0.6) is 0 Å². The van der Waals surface area contributed by atoms with Crippen LogP contribution in [-0.2, 0) is 0 Å². The Morgan fingerprint density at radius 2 is 1.78 bits per heavy atom. The van der Waals surface area contributed by atoms with Gasteiger partial charge in [0, 0.05) is 23.4 Å². The first-order valence-electron chi connectivity index (χ1n) is 5.28. The molecule has 0 aliphatic rings. The van der Waals surface area contributed by atoms with Crippen molar-refractivity contribution in [1.82, 2.24) is 9.97 Å². The molecule has 0 amide bonds. The maximum atomic E-state index is 12.7. The van der Waals surface area contributed by atoms with Crippen LogP contribution in [0.2, 0.25) is 0 Å². The molecule has 0 aliphatic heterocycles. The Kier molecular flexibility index (Phi) is 2.50. The summed E-state index contributed by atoms with van der Waals surface area (Å²) in [5.41, 5.74) is 2.63. The quantitative estimate of drug-likeness (QED) is 0.565. The van der Waals surface area contributed by atoms with E-state index in [1.54, 1.807) is 24.4 Å². The number of halogens is 1. The molecule has 0 radical (unpaired) electrons. The van der Waals surface area contributed by atoms with Gasteiger partial charge in [-0.25, -0.2) is 9.37 Å². The smallest absolute Gasteiger partial charge is 0.198 e. The first-order chi connectivity index (χ1) is 8.81. The molecule has 86 valence electrons. The van der Waals surface area contributed by atoms with Gasteiger partial charge in [0.1, 0.15) is 5.82 Å². The summed E-state index contributed by atoms with van der Waals surface area (Å²) in [7, 11) is 0. The lowest BCUT2D eigenvalue weighted by atomic mass is 10.2. The summed E-state index contributed by atoms with van der Waals surface area (Å²) in [5, 5.41) is 0. The van der Waals surface area contributed by atoms with E-state index in [-0.39, 0.29) is 5.82 Å². The summed E-state index contributed by atoms with van der Waals surface area (Å²) in [6, 6.07) is 7.78. The van der Waals surface area contributed by atoms with Crippen molar-refractivity contribution in [2.24, 2.45) is 0 Å². The molecule has 3 nitrogen and oxygen atoms in total. The molecule has 0 atom stereocenters. The summed E-state index contributed by atoms with van der Waals surface area (Å²) in [6.45, 7) is 0. The Hall–Kier alpha value is -2.67. The van der Waals surface area contributed by atoms with Crippen molar-refractivity contribution in [2.45, 2.75) is 0 Å². The Balaban J connectivity index is 1.94. The lowest BCUT2D eigenvalue weighted by Gasteiger charge is -1.90. The van der Waals surface area contributed by atoms with Gasteiger partial charge in [0.25, 0.3) is 0 Å². The van der Waals surface area contributed by atoms with Crippen molar-refractivity contribution in [3.8, 4) is 11.8 Å². The Labute approximate surface area is 102 Å². The first kappa shape index (κ1) is 10.5. The maximum absolute atomic E-state index is 12.7. The van der Waals surface area contributed by atoms with Crippen LogP contribution in [0.25, 0.3) is 11.2 Å². The van der Waals surface area contributed by atoms with Gasteiger partial charge in [0.2, 0.25) is 0 Å². The molecule has 0 spiro atoms. The molecule has 2 heterocycles. The number of rotatable bonds is 0. The lowest BCUT2D eigenvalue weighted by molar-refractivity contribution is 0.602. The van der Waals surface area contributed by atoms with E-state index in [2.05, 4.69) is 21.8 Å². The highest BCUT2D eigenvalue weighted by molar-refractivity contribution is 5.68. The third-order valence-corrected chi connectivity index (χ3v) is 2.38. The van der Waals surface area contributed by atoms with Gasteiger partial charge in [-0.3, -0.25) is 0 Å². The standard InChI is InChI=1S/C14H7FN2O/c15-12-5-3-10(4-6-12)1-2-11-7-13-14(16-8-11)17-9-18-13/h3-9H. The van der Waals surface area contributed by atoms with Gasteiger partial charge < -0.3 is 4.42 Å². The van der Waals surface area contributed by atoms with E-state index >= 15 is 0 Å². The highest BCUT2D eigenvalue weighted by Crippen LogP contribution is 2.10. The predicted molar refractivity (Wildman–Crippen MR) is 64.2 cm³/mol.